The highest BCUT2D eigenvalue weighted by Gasteiger charge is 2.31. The summed E-state index contributed by atoms with van der Waals surface area (Å²) in [6.45, 7) is 2.88. The summed E-state index contributed by atoms with van der Waals surface area (Å²) in [5, 5.41) is 13.6. The van der Waals surface area contributed by atoms with Crippen molar-refractivity contribution in [2.45, 2.75) is 25.3 Å². The van der Waals surface area contributed by atoms with Crippen LogP contribution in [0.3, 0.4) is 0 Å². The minimum atomic E-state index is -0.694. The lowest BCUT2D eigenvalue weighted by Gasteiger charge is -2.34. The third kappa shape index (κ3) is 3.11. The van der Waals surface area contributed by atoms with Gasteiger partial charge in [-0.1, -0.05) is 0 Å². The van der Waals surface area contributed by atoms with Crippen molar-refractivity contribution in [3.05, 3.63) is 39.7 Å². The second kappa shape index (κ2) is 5.54. The van der Waals surface area contributed by atoms with Crippen LogP contribution in [0.1, 0.15) is 30.1 Å². The van der Waals surface area contributed by atoms with Crippen molar-refractivity contribution >= 4 is 11.6 Å². The van der Waals surface area contributed by atoms with Gasteiger partial charge in [0.05, 0.1) is 4.92 Å². The molecule has 1 amide bonds. The van der Waals surface area contributed by atoms with Crippen molar-refractivity contribution in [2.24, 2.45) is 0 Å². The minimum absolute atomic E-state index is 0.261. The highest BCUT2D eigenvalue weighted by atomic mass is 19.1. The first kappa shape index (κ1) is 14.4. The molecule has 1 N–H and O–H groups in total. The van der Waals surface area contributed by atoms with Crippen LogP contribution in [0, 0.1) is 15.9 Å². The zero-order valence-electron chi connectivity index (χ0n) is 11.0. The third-order valence-corrected chi connectivity index (χ3v) is 3.41. The summed E-state index contributed by atoms with van der Waals surface area (Å²) in [4.78, 5) is 22.4. The molecule has 2 rings (SSSR count). The Morgan fingerprint density at radius 2 is 2.10 bits per heavy atom. The standard InChI is InChI=1S/C13H15FN2O4/c1-13(4-6-20-7-5-13)15-12(17)10-8-9(14)2-3-11(10)16(18)19/h2-3,8H,4-7H2,1H3,(H,15,17). The maximum absolute atomic E-state index is 13.2. The highest BCUT2D eigenvalue weighted by Crippen LogP contribution is 2.23. The van der Waals surface area contributed by atoms with E-state index in [1.54, 1.807) is 0 Å². The molecule has 0 spiro atoms. The third-order valence-electron chi connectivity index (χ3n) is 3.41. The first-order chi connectivity index (χ1) is 9.41. The van der Waals surface area contributed by atoms with Crippen LogP contribution in [0.25, 0.3) is 0 Å². The smallest absolute Gasteiger partial charge is 0.282 e. The normalized spacial score (nSPS) is 17.5. The quantitative estimate of drug-likeness (QED) is 0.679. The fourth-order valence-corrected chi connectivity index (χ4v) is 2.14. The Kier molecular flexibility index (Phi) is 3.99. The summed E-state index contributed by atoms with van der Waals surface area (Å²) in [6.07, 6.45) is 1.23. The number of nitrogens with zero attached hydrogens (tertiary/aromatic N) is 1. The summed E-state index contributed by atoms with van der Waals surface area (Å²) in [6, 6.07) is 2.85. The average molecular weight is 282 g/mol. The molecule has 108 valence electrons. The number of rotatable bonds is 3. The second-order valence-corrected chi connectivity index (χ2v) is 5.05. The first-order valence-electron chi connectivity index (χ1n) is 6.25. The second-order valence-electron chi connectivity index (χ2n) is 5.05. The number of amides is 1. The predicted octanol–water partition coefficient (Wildman–Crippen LogP) is 2.03. The molecule has 1 fully saturated rings. The summed E-state index contributed by atoms with van der Waals surface area (Å²) >= 11 is 0. The SMILES string of the molecule is CC1(NC(=O)c2cc(F)ccc2[N+](=O)[O-])CCOCC1. The molecule has 0 atom stereocenters. The summed E-state index contributed by atoms with van der Waals surface area (Å²) in [5.41, 5.74) is -1.16. The molecule has 0 aromatic heterocycles. The molecule has 6 nitrogen and oxygen atoms in total. The van der Waals surface area contributed by atoms with Gasteiger partial charge in [0, 0.05) is 24.8 Å². The number of nitro groups is 1. The Bertz CT molecular complexity index is 541. The van der Waals surface area contributed by atoms with Gasteiger partial charge >= 0.3 is 0 Å². The van der Waals surface area contributed by atoms with Gasteiger partial charge in [-0.3, -0.25) is 14.9 Å². The molecule has 0 saturated carbocycles. The Morgan fingerprint density at radius 1 is 1.45 bits per heavy atom. The van der Waals surface area contributed by atoms with Gasteiger partial charge < -0.3 is 10.1 Å². The lowest BCUT2D eigenvalue weighted by molar-refractivity contribution is -0.385. The number of nitro benzene ring substituents is 1. The van der Waals surface area contributed by atoms with Crippen LogP contribution in [0.5, 0.6) is 0 Å². The number of benzene rings is 1. The van der Waals surface area contributed by atoms with Crippen molar-refractivity contribution < 1.29 is 18.8 Å². The molecule has 1 aliphatic rings. The van der Waals surface area contributed by atoms with Gasteiger partial charge in [0.25, 0.3) is 11.6 Å². The molecule has 1 heterocycles. The Labute approximate surface area is 115 Å². The molecule has 1 aromatic rings. The van der Waals surface area contributed by atoms with Crippen LogP contribution in [-0.2, 0) is 4.74 Å². The predicted molar refractivity (Wildman–Crippen MR) is 69.0 cm³/mol. The van der Waals surface area contributed by atoms with Gasteiger partial charge in [0.15, 0.2) is 0 Å². The van der Waals surface area contributed by atoms with Gasteiger partial charge in [0.2, 0.25) is 0 Å². The Morgan fingerprint density at radius 3 is 2.70 bits per heavy atom. The minimum Gasteiger partial charge on any atom is -0.381 e. The van der Waals surface area contributed by atoms with E-state index in [2.05, 4.69) is 5.32 Å². The lowest BCUT2D eigenvalue weighted by atomic mass is 9.92. The van der Waals surface area contributed by atoms with Crippen LogP contribution in [0.4, 0.5) is 10.1 Å². The van der Waals surface area contributed by atoms with Gasteiger partial charge in [-0.2, -0.15) is 0 Å². The number of halogens is 1. The molecular weight excluding hydrogens is 267 g/mol. The number of carbonyl (C=O) groups is 1. The van der Waals surface area contributed by atoms with Crippen molar-refractivity contribution in [2.75, 3.05) is 13.2 Å². The van der Waals surface area contributed by atoms with E-state index in [4.69, 9.17) is 4.74 Å². The van der Waals surface area contributed by atoms with Crippen molar-refractivity contribution in [3.8, 4) is 0 Å². The lowest BCUT2D eigenvalue weighted by Crippen LogP contribution is -2.49. The average Bonchev–Trinajstić information content (AvgIpc) is 2.38. The summed E-state index contributed by atoms with van der Waals surface area (Å²) < 4.78 is 18.4. The maximum Gasteiger partial charge on any atom is 0.282 e. The molecule has 1 aliphatic heterocycles. The number of hydrogen-bond donors (Lipinski definition) is 1. The van der Waals surface area contributed by atoms with E-state index in [0.29, 0.717) is 26.1 Å². The van der Waals surface area contributed by atoms with Crippen LogP contribution in [0.15, 0.2) is 18.2 Å². The van der Waals surface area contributed by atoms with Gasteiger partial charge in [-0.15, -0.1) is 0 Å². The number of nitrogens with one attached hydrogen (secondary N) is 1. The fourth-order valence-electron chi connectivity index (χ4n) is 2.14. The van der Waals surface area contributed by atoms with Crippen LogP contribution in [-0.4, -0.2) is 29.6 Å². The highest BCUT2D eigenvalue weighted by molar-refractivity contribution is 5.98. The summed E-state index contributed by atoms with van der Waals surface area (Å²) in [5.74, 6) is -1.32. The van der Waals surface area contributed by atoms with E-state index < -0.39 is 27.9 Å². The molecule has 1 saturated heterocycles. The van der Waals surface area contributed by atoms with Gasteiger partial charge in [0.1, 0.15) is 11.4 Å². The van der Waals surface area contributed by atoms with Gasteiger partial charge in [-0.05, 0) is 31.9 Å². The molecule has 20 heavy (non-hydrogen) atoms. The Balaban J connectivity index is 2.24. The molecule has 7 heteroatoms. The molecule has 0 aliphatic carbocycles. The van der Waals surface area contributed by atoms with E-state index in [9.17, 15) is 19.3 Å². The fraction of sp³-hybridized carbons (Fsp3) is 0.462. The Hall–Kier alpha value is -2.02. The van der Waals surface area contributed by atoms with Crippen molar-refractivity contribution in [3.63, 3.8) is 0 Å². The van der Waals surface area contributed by atoms with Crippen LogP contribution < -0.4 is 5.32 Å². The first-order valence-corrected chi connectivity index (χ1v) is 6.25. The maximum atomic E-state index is 13.2. The molecule has 1 aromatic carbocycles. The molecule has 0 bridgehead atoms. The molecule has 0 radical (unpaired) electrons. The number of carbonyl (C=O) groups excluding carboxylic acids is 1. The van der Waals surface area contributed by atoms with E-state index in [-0.39, 0.29) is 5.56 Å². The molecular formula is C13H15FN2O4. The van der Waals surface area contributed by atoms with E-state index in [1.165, 1.54) is 0 Å². The zero-order valence-corrected chi connectivity index (χ0v) is 11.0. The van der Waals surface area contributed by atoms with E-state index in [0.717, 1.165) is 18.2 Å². The largest absolute Gasteiger partial charge is 0.381 e. The van der Waals surface area contributed by atoms with Gasteiger partial charge in [-0.25, -0.2) is 4.39 Å². The zero-order chi connectivity index (χ0) is 14.8. The van der Waals surface area contributed by atoms with Crippen LogP contribution in [0.2, 0.25) is 0 Å². The van der Waals surface area contributed by atoms with Crippen molar-refractivity contribution in [1.29, 1.82) is 0 Å². The van der Waals surface area contributed by atoms with Crippen LogP contribution >= 0.6 is 0 Å². The van der Waals surface area contributed by atoms with Crippen molar-refractivity contribution in [1.82, 2.24) is 5.32 Å². The number of ether oxygens (including phenoxy) is 1. The van der Waals surface area contributed by atoms with E-state index >= 15 is 0 Å². The van der Waals surface area contributed by atoms with E-state index in [1.807, 2.05) is 6.92 Å². The molecule has 0 unspecified atom stereocenters. The topological polar surface area (TPSA) is 81.5 Å². The number of hydrogen-bond acceptors (Lipinski definition) is 4. The monoisotopic (exact) mass is 282 g/mol. The summed E-state index contributed by atoms with van der Waals surface area (Å²) in [7, 11) is 0.